The molecular formula is C18H10ClF3N2O3. The highest BCUT2D eigenvalue weighted by Crippen LogP contribution is 2.22. The van der Waals surface area contributed by atoms with E-state index in [1.807, 2.05) is 5.32 Å². The van der Waals surface area contributed by atoms with Gasteiger partial charge in [0.2, 0.25) is 0 Å². The largest absolute Gasteiger partial charge is 0.452 e. The van der Waals surface area contributed by atoms with Crippen LogP contribution in [-0.2, 0) is 9.53 Å². The van der Waals surface area contributed by atoms with Gasteiger partial charge in [-0.25, -0.2) is 22.9 Å². The molecule has 5 nitrogen and oxygen atoms in total. The first-order valence-electron chi connectivity index (χ1n) is 7.52. The van der Waals surface area contributed by atoms with Crippen LogP contribution in [0.25, 0.3) is 10.9 Å². The van der Waals surface area contributed by atoms with E-state index in [-0.39, 0.29) is 10.7 Å². The molecule has 3 rings (SSSR count). The van der Waals surface area contributed by atoms with Gasteiger partial charge in [0, 0.05) is 5.39 Å². The number of rotatable bonds is 4. The third-order valence-corrected chi connectivity index (χ3v) is 3.74. The maximum absolute atomic E-state index is 13.5. The highest BCUT2D eigenvalue weighted by atomic mass is 35.5. The van der Waals surface area contributed by atoms with Crippen molar-refractivity contribution in [2.24, 2.45) is 0 Å². The molecule has 0 spiro atoms. The SMILES string of the molecule is O=C(COC(=O)c1cc(Cl)nc2ccccc12)Nc1ccc(F)c(F)c1F. The van der Waals surface area contributed by atoms with Gasteiger partial charge in [-0.15, -0.1) is 0 Å². The molecule has 1 heterocycles. The molecule has 138 valence electrons. The summed E-state index contributed by atoms with van der Waals surface area (Å²) in [5.74, 6) is -6.45. The molecule has 0 saturated heterocycles. The molecule has 9 heteroatoms. The van der Waals surface area contributed by atoms with Crippen molar-refractivity contribution < 1.29 is 27.5 Å². The molecule has 1 aromatic heterocycles. The van der Waals surface area contributed by atoms with Crippen molar-refractivity contribution >= 4 is 40.1 Å². The average molecular weight is 395 g/mol. The van der Waals surface area contributed by atoms with Gasteiger partial charge in [-0.1, -0.05) is 29.8 Å². The zero-order chi connectivity index (χ0) is 19.6. The first kappa shape index (κ1) is 18.7. The smallest absolute Gasteiger partial charge is 0.339 e. The zero-order valence-electron chi connectivity index (χ0n) is 13.4. The summed E-state index contributed by atoms with van der Waals surface area (Å²) in [6.45, 7) is -0.772. The molecule has 27 heavy (non-hydrogen) atoms. The third kappa shape index (κ3) is 4.01. The average Bonchev–Trinajstić information content (AvgIpc) is 2.66. The van der Waals surface area contributed by atoms with Gasteiger partial charge in [-0.3, -0.25) is 4.79 Å². The molecular weight excluding hydrogens is 385 g/mol. The van der Waals surface area contributed by atoms with Crippen LogP contribution in [0.15, 0.2) is 42.5 Å². The third-order valence-electron chi connectivity index (χ3n) is 3.55. The molecule has 0 bridgehead atoms. The molecule has 0 atom stereocenters. The molecule has 1 amide bonds. The number of aromatic nitrogens is 1. The highest BCUT2D eigenvalue weighted by molar-refractivity contribution is 6.30. The molecule has 0 aliphatic rings. The van der Waals surface area contributed by atoms with Crippen molar-refractivity contribution in [1.29, 1.82) is 0 Å². The van der Waals surface area contributed by atoms with Crippen LogP contribution in [0.2, 0.25) is 5.15 Å². The zero-order valence-corrected chi connectivity index (χ0v) is 14.2. The minimum atomic E-state index is -1.72. The molecule has 0 saturated carbocycles. The summed E-state index contributed by atoms with van der Waals surface area (Å²) in [7, 11) is 0. The van der Waals surface area contributed by atoms with Crippen molar-refractivity contribution in [3.05, 3.63) is 70.6 Å². The highest BCUT2D eigenvalue weighted by Gasteiger charge is 2.18. The number of amides is 1. The molecule has 1 N–H and O–H groups in total. The molecule has 0 radical (unpaired) electrons. The number of esters is 1. The van der Waals surface area contributed by atoms with E-state index in [1.165, 1.54) is 6.07 Å². The molecule has 0 aliphatic carbocycles. The molecule has 0 unspecified atom stereocenters. The number of nitrogens with one attached hydrogen (secondary N) is 1. The minimum Gasteiger partial charge on any atom is -0.452 e. The first-order chi connectivity index (χ1) is 12.9. The lowest BCUT2D eigenvalue weighted by Crippen LogP contribution is -2.22. The molecule has 0 aliphatic heterocycles. The number of hydrogen-bond donors (Lipinski definition) is 1. The van der Waals surface area contributed by atoms with Gasteiger partial charge in [0.05, 0.1) is 16.8 Å². The van der Waals surface area contributed by atoms with Crippen molar-refractivity contribution in [3.8, 4) is 0 Å². The Labute approximate surface area is 155 Å². The number of nitrogens with zero attached hydrogens (tertiary/aromatic N) is 1. The maximum Gasteiger partial charge on any atom is 0.339 e. The maximum atomic E-state index is 13.5. The topological polar surface area (TPSA) is 68.3 Å². The van der Waals surface area contributed by atoms with E-state index in [0.717, 1.165) is 6.07 Å². The number of hydrogen-bond acceptors (Lipinski definition) is 4. The lowest BCUT2D eigenvalue weighted by molar-refractivity contribution is -0.119. The fraction of sp³-hybridized carbons (Fsp3) is 0.0556. The Kier molecular flexibility index (Phi) is 5.27. The molecule has 0 fully saturated rings. The van der Waals surface area contributed by atoms with Crippen molar-refractivity contribution in [3.63, 3.8) is 0 Å². The van der Waals surface area contributed by atoms with Gasteiger partial charge in [-0.05, 0) is 24.3 Å². The second-order valence-electron chi connectivity index (χ2n) is 5.36. The first-order valence-corrected chi connectivity index (χ1v) is 7.90. The van der Waals surface area contributed by atoms with E-state index in [4.69, 9.17) is 16.3 Å². The van der Waals surface area contributed by atoms with Gasteiger partial charge in [0.15, 0.2) is 24.1 Å². The van der Waals surface area contributed by atoms with E-state index < -0.39 is 41.6 Å². The predicted octanol–water partition coefficient (Wildman–Crippen LogP) is 4.10. The Morgan fingerprint density at radius 1 is 1.07 bits per heavy atom. The quantitative estimate of drug-likeness (QED) is 0.411. The normalized spacial score (nSPS) is 10.7. The van der Waals surface area contributed by atoms with E-state index >= 15 is 0 Å². The van der Waals surface area contributed by atoms with E-state index in [2.05, 4.69) is 4.98 Å². The summed E-state index contributed by atoms with van der Waals surface area (Å²) < 4.78 is 44.5. The summed E-state index contributed by atoms with van der Waals surface area (Å²) in [6, 6.07) is 9.48. The number of pyridine rings is 1. The lowest BCUT2D eigenvalue weighted by Gasteiger charge is -2.09. The Balaban J connectivity index is 1.71. The molecule has 3 aromatic rings. The fourth-order valence-corrected chi connectivity index (χ4v) is 2.53. The standard InChI is InChI=1S/C18H10ClF3N2O3/c19-14-7-10(9-3-1-2-4-12(9)23-14)18(26)27-8-15(25)24-13-6-5-11(20)16(21)17(13)22/h1-7H,8H2,(H,24,25). The van der Waals surface area contributed by atoms with Crippen LogP contribution in [0.5, 0.6) is 0 Å². The van der Waals surface area contributed by atoms with E-state index in [9.17, 15) is 22.8 Å². The Hall–Kier alpha value is -3.13. The summed E-state index contributed by atoms with van der Waals surface area (Å²) in [6.07, 6.45) is 0. The summed E-state index contributed by atoms with van der Waals surface area (Å²) in [5.41, 5.74) is -0.0185. The van der Waals surface area contributed by atoms with E-state index in [1.54, 1.807) is 24.3 Å². The van der Waals surface area contributed by atoms with Gasteiger partial charge in [-0.2, -0.15) is 0 Å². The number of carbonyl (C=O) groups excluding carboxylic acids is 2. The fourth-order valence-electron chi connectivity index (χ4n) is 2.33. The van der Waals surface area contributed by atoms with Crippen LogP contribution in [0.4, 0.5) is 18.9 Å². The number of benzene rings is 2. The van der Waals surface area contributed by atoms with Crippen LogP contribution in [-0.4, -0.2) is 23.5 Å². The summed E-state index contributed by atoms with van der Waals surface area (Å²) in [5, 5.41) is 2.53. The van der Waals surface area contributed by atoms with Crippen molar-refractivity contribution in [2.75, 3.05) is 11.9 Å². The van der Waals surface area contributed by atoms with Crippen LogP contribution in [0.1, 0.15) is 10.4 Å². The van der Waals surface area contributed by atoms with Gasteiger partial charge in [0.1, 0.15) is 5.15 Å². The van der Waals surface area contributed by atoms with Crippen molar-refractivity contribution in [1.82, 2.24) is 4.98 Å². The Morgan fingerprint density at radius 3 is 2.59 bits per heavy atom. The second-order valence-corrected chi connectivity index (χ2v) is 5.74. The monoisotopic (exact) mass is 394 g/mol. The van der Waals surface area contributed by atoms with E-state index in [0.29, 0.717) is 17.0 Å². The van der Waals surface area contributed by atoms with Crippen LogP contribution >= 0.6 is 11.6 Å². The van der Waals surface area contributed by atoms with Gasteiger partial charge < -0.3 is 10.1 Å². The number of halogens is 4. The molecule has 2 aromatic carbocycles. The van der Waals surface area contributed by atoms with Gasteiger partial charge in [0.25, 0.3) is 5.91 Å². The number of anilines is 1. The van der Waals surface area contributed by atoms with Crippen LogP contribution < -0.4 is 5.32 Å². The number of para-hydroxylation sites is 1. The minimum absolute atomic E-state index is 0.0639. The summed E-state index contributed by atoms with van der Waals surface area (Å²) >= 11 is 5.88. The van der Waals surface area contributed by atoms with Crippen LogP contribution in [0.3, 0.4) is 0 Å². The lowest BCUT2D eigenvalue weighted by atomic mass is 10.1. The van der Waals surface area contributed by atoms with Gasteiger partial charge >= 0.3 is 5.97 Å². The number of carbonyl (C=O) groups is 2. The second kappa shape index (κ2) is 7.63. The van der Waals surface area contributed by atoms with Crippen molar-refractivity contribution in [2.45, 2.75) is 0 Å². The number of fused-ring (bicyclic) bond motifs is 1. The Morgan fingerprint density at radius 2 is 1.81 bits per heavy atom. The number of ether oxygens (including phenoxy) is 1. The predicted molar refractivity (Wildman–Crippen MR) is 92.0 cm³/mol. The van der Waals surface area contributed by atoms with Crippen LogP contribution in [0, 0.1) is 17.5 Å². The Bertz CT molecular complexity index is 1060. The summed E-state index contributed by atoms with van der Waals surface area (Å²) in [4.78, 5) is 28.1.